The van der Waals surface area contributed by atoms with E-state index in [9.17, 15) is 0 Å². The van der Waals surface area contributed by atoms with Crippen molar-refractivity contribution in [1.29, 1.82) is 0 Å². The summed E-state index contributed by atoms with van der Waals surface area (Å²) in [6.45, 7) is 1.88. The fraction of sp³-hybridized carbons (Fsp3) is 0.667. The van der Waals surface area contributed by atoms with Crippen LogP contribution in [-0.2, 0) is 4.74 Å². The van der Waals surface area contributed by atoms with Gasteiger partial charge in [-0.05, 0) is 61.6 Å². The maximum Gasteiger partial charge on any atom is 0.0515 e. The third-order valence-electron chi connectivity index (χ3n) is 5.51. The van der Waals surface area contributed by atoms with Crippen molar-refractivity contribution in [2.45, 2.75) is 50.1 Å². The molecule has 1 saturated carbocycles. The van der Waals surface area contributed by atoms with Crippen molar-refractivity contribution < 1.29 is 4.74 Å². The molecular formula is C18H24ClNO. The minimum Gasteiger partial charge on any atom is -0.381 e. The van der Waals surface area contributed by atoms with E-state index in [1.165, 1.54) is 37.7 Å². The molecule has 0 amide bonds. The Balaban J connectivity index is 1.48. The molecule has 114 valence electrons. The van der Waals surface area contributed by atoms with Gasteiger partial charge in [-0.15, -0.1) is 0 Å². The number of hydrogen-bond acceptors (Lipinski definition) is 2. The van der Waals surface area contributed by atoms with Gasteiger partial charge in [-0.25, -0.2) is 0 Å². The molecule has 3 heteroatoms. The van der Waals surface area contributed by atoms with Crippen LogP contribution in [0.3, 0.4) is 0 Å². The van der Waals surface area contributed by atoms with E-state index in [4.69, 9.17) is 16.3 Å². The number of halogens is 1. The van der Waals surface area contributed by atoms with Gasteiger partial charge >= 0.3 is 0 Å². The largest absolute Gasteiger partial charge is 0.381 e. The summed E-state index contributed by atoms with van der Waals surface area (Å²) in [6.07, 6.45) is 6.62. The molecule has 2 heterocycles. The Hall–Kier alpha value is -0.570. The molecule has 21 heavy (non-hydrogen) atoms. The van der Waals surface area contributed by atoms with Crippen molar-refractivity contribution in [3.63, 3.8) is 0 Å². The Morgan fingerprint density at radius 1 is 1.05 bits per heavy atom. The highest BCUT2D eigenvalue weighted by Crippen LogP contribution is 2.42. The molecule has 1 unspecified atom stereocenters. The average molecular weight is 306 g/mol. The third-order valence-corrected chi connectivity index (χ3v) is 5.76. The number of fused-ring (bicyclic) bond motifs is 2. The second-order valence-electron chi connectivity index (χ2n) is 7.09. The molecule has 4 rings (SSSR count). The molecule has 1 aromatic rings. The monoisotopic (exact) mass is 305 g/mol. The minimum absolute atomic E-state index is 0.615. The maximum absolute atomic E-state index is 6.06. The highest BCUT2D eigenvalue weighted by atomic mass is 35.5. The first kappa shape index (κ1) is 14.0. The van der Waals surface area contributed by atoms with Crippen molar-refractivity contribution in [3.05, 3.63) is 34.9 Å². The van der Waals surface area contributed by atoms with E-state index in [1.54, 1.807) is 0 Å². The number of nitrogens with one attached hydrogen (secondary N) is 1. The fourth-order valence-electron chi connectivity index (χ4n) is 4.12. The van der Waals surface area contributed by atoms with Gasteiger partial charge in [0.1, 0.15) is 0 Å². The Morgan fingerprint density at radius 3 is 2.62 bits per heavy atom. The van der Waals surface area contributed by atoms with E-state index >= 15 is 0 Å². The standard InChI is InChI=1S/C18H24ClNO/c19-14-5-3-13(4-6-14)16-9-15-7-8-18(20-15)17(16)11-21-10-12-1-2-12/h3-6,12,15-18,20H,1-2,7-11H2/t15?,16-,17-,18-/m1/s1. The average Bonchev–Trinajstić information content (AvgIpc) is 3.24. The molecule has 1 aliphatic carbocycles. The molecule has 1 aromatic carbocycles. The highest BCUT2D eigenvalue weighted by Gasteiger charge is 2.42. The zero-order valence-electron chi connectivity index (χ0n) is 12.4. The Kier molecular flexibility index (Phi) is 3.95. The van der Waals surface area contributed by atoms with Gasteiger partial charge in [-0.1, -0.05) is 23.7 Å². The van der Waals surface area contributed by atoms with E-state index in [2.05, 4.69) is 17.4 Å². The minimum atomic E-state index is 0.615. The molecule has 0 aromatic heterocycles. The normalized spacial score (nSPS) is 35.1. The first-order valence-electron chi connectivity index (χ1n) is 8.39. The van der Waals surface area contributed by atoms with Crippen LogP contribution in [0.25, 0.3) is 0 Å². The smallest absolute Gasteiger partial charge is 0.0515 e. The lowest BCUT2D eigenvalue weighted by molar-refractivity contribution is 0.0586. The maximum atomic E-state index is 6.06. The Morgan fingerprint density at radius 2 is 1.86 bits per heavy atom. The molecule has 1 N–H and O–H groups in total. The molecule has 3 fully saturated rings. The van der Waals surface area contributed by atoms with Gasteiger partial charge in [0.25, 0.3) is 0 Å². The van der Waals surface area contributed by atoms with Crippen molar-refractivity contribution in [1.82, 2.24) is 5.32 Å². The van der Waals surface area contributed by atoms with E-state index in [-0.39, 0.29) is 0 Å². The van der Waals surface area contributed by atoms with Gasteiger partial charge in [0.2, 0.25) is 0 Å². The van der Waals surface area contributed by atoms with Crippen LogP contribution in [0.2, 0.25) is 5.02 Å². The van der Waals surface area contributed by atoms with Crippen molar-refractivity contribution >= 4 is 11.6 Å². The van der Waals surface area contributed by atoms with Crippen LogP contribution in [-0.4, -0.2) is 25.3 Å². The lowest BCUT2D eigenvalue weighted by Crippen LogP contribution is -2.46. The first-order valence-corrected chi connectivity index (χ1v) is 8.76. The van der Waals surface area contributed by atoms with E-state index < -0.39 is 0 Å². The summed E-state index contributed by atoms with van der Waals surface area (Å²) < 4.78 is 6.06. The molecule has 2 nitrogen and oxygen atoms in total. The van der Waals surface area contributed by atoms with Crippen molar-refractivity contribution in [2.24, 2.45) is 11.8 Å². The molecular weight excluding hydrogens is 282 g/mol. The summed E-state index contributed by atoms with van der Waals surface area (Å²) in [4.78, 5) is 0. The number of ether oxygens (including phenoxy) is 1. The predicted molar refractivity (Wildman–Crippen MR) is 85.8 cm³/mol. The zero-order valence-corrected chi connectivity index (χ0v) is 13.2. The summed E-state index contributed by atoms with van der Waals surface area (Å²) in [5.74, 6) is 2.09. The molecule has 3 aliphatic rings. The van der Waals surface area contributed by atoms with Crippen LogP contribution in [0.5, 0.6) is 0 Å². The highest BCUT2D eigenvalue weighted by molar-refractivity contribution is 6.30. The van der Waals surface area contributed by atoms with Crippen LogP contribution < -0.4 is 5.32 Å². The Bertz CT molecular complexity index is 484. The van der Waals surface area contributed by atoms with Gasteiger partial charge in [0, 0.05) is 29.6 Å². The van der Waals surface area contributed by atoms with Gasteiger partial charge in [0.15, 0.2) is 0 Å². The van der Waals surface area contributed by atoms with Gasteiger partial charge < -0.3 is 10.1 Å². The van der Waals surface area contributed by atoms with Crippen LogP contribution in [0.15, 0.2) is 24.3 Å². The summed E-state index contributed by atoms with van der Waals surface area (Å²) in [5, 5.41) is 4.63. The predicted octanol–water partition coefficient (Wildman–Crippen LogP) is 3.99. The zero-order chi connectivity index (χ0) is 14.2. The van der Waals surface area contributed by atoms with Gasteiger partial charge in [-0.2, -0.15) is 0 Å². The van der Waals surface area contributed by atoms with Crippen LogP contribution in [0.4, 0.5) is 0 Å². The number of benzene rings is 1. The van der Waals surface area contributed by atoms with Crippen molar-refractivity contribution in [3.8, 4) is 0 Å². The van der Waals surface area contributed by atoms with E-state index in [0.29, 0.717) is 23.9 Å². The molecule has 2 aliphatic heterocycles. The quantitative estimate of drug-likeness (QED) is 0.888. The van der Waals surface area contributed by atoms with Crippen LogP contribution in [0, 0.1) is 11.8 Å². The Labute approximate surface area is 132 Å². The number of hydrogen-bond donors (Lipinski definition) is 1. The summed E-state index contributed by atoms with van der Waals surface area (Å²) in [6, 6.07) is 9.84. The topological polar surface area (TPSA) is 21.3 Å². The summed E-state index contributed by atoms with van der Waals surface area (Å²) >= 11 is 6.05. The number of piperidine rings is 1. The molecule has 0 spiro atoms. The molecule has 0 radical (unpaired) electrons. The van der Waals surface area contributed by atoms with Crippen molar-refractivity contribution in [2.75, 3.05) is 13.2 Å². The van der Waals surface area contributed by atoms with Gasteiger partial charge in [0.05, 0.1) is 6.61 Å². The SMILES string of the molecule is Clc1ccc([C@H]2CC3CC[C@@H](N3)[C@@H]2COCC2CC2)cc1. The second-order valence-corrected chi connectivity index (χ2v) is 7.52. The summed E-state index contributed by atoms with van der Waals surface area (Å²) in [5.41, 5.74) is 1.44. The molecule has 4 atom stereocenters. The first-order chi connectivity index (χ1) is 10.3. The lowest BCUT2D eigenvalue weighted by Gasteiger charge is -2.38. The fourth-order valence-corrected chi connectivity index (χ4v) is 4.24. The van der Waals surface area contributed by atoms with Gasteiger partial charge in [-0.3, -0.25) is 0 Å². The lowest BCUT2D eigenvalue weighted by atomic mass is 9.77. The summed E-state index contributed by atoms with van der Waals surface area (Å²) in [7, 11) is 0. The van der Waals surface area contributed by atoms with Crippen LogP contribution in [0.1, 0.15) is 43.6 Å². The molecule has 2 saturated heterocycles. The number of rotatable bonds is 5. The van der Waals surface area contributed by atoms with E-state index in [1.807, 2.05) is 12.1 Å². The second kappa shape index (κ2) is 5.91. The van der Waals surface area contributed by atoms with Crippen LogP contribution >= 0.6 is 11.6 Å². The van der Waals surface area contributed by atoms with E-state index in [0.717, 1.165) is 24.2 Å². The molecule has 2 bridgehead atoms. The third kappa shape index (κ3) is 3.13.